The van der Waals surface area contributed by atoms with Crippen molar-refractivity contribution in [2.75, 3.05) is 32.0 Å². The van der Waals surface area contributed by atoms with E-state index in [4.69, 9.17) is 5.73 Å². The fraction of sp³-hybridized carbons (Fsp3) is 0.333. The molecule has 0 radical (unpaired) electrons. The van der Waals surface area contributed by atoms with E-state index >= 15 is 0 Å². The number of hydrogen-bond donors (Lipinski definition) is 3. The predicted molar refractivity (Wildman–Crippen MR) is 102 cm³/mol. The van der Waals surface area contributed by atoms with E-state index in [0.29, 0.717) is 10.2 Å². The Morgan fingerprint density at radius 3 is 2.59 bits per heavy atom. The second-order valence-corrected chi connectivity index (χ2v) is 6.51. The SMILES string of the molecule is CN(CC(=O)Nc1nc2ccc(OC(F)(F)F)cc2s1)C(=O)CNC(=O)CN.Cl. The van der Waals surface area contributed by atoms with E-state index in [1.807, 2.05) is 0 Å². The van der Waals surface area contributed by atoms with E-state index in [2.05, 4.69) is 20.4 Å². The zero-order chi connectivity index (χ0) is 20.9. The number of amides is 3. The number of nitrogens with one attached hydrogen (secondary N) is 2. The van der Waals surface area contributed by atoms with E-state index in [-0.39, 0.29) is 37.2 Å². The third-order valence-corrected chi connectivity index (χ3v) is 4.20. The molecule has 4 N–H and O–H groups in total. The molecule has 0 fully saturated rings. The lowest BCUT2D eigenvalue weighted by Crippen LogP contribution is -2.42. The number of halogens is 4. The highest BCUT2D eigenvalue weighted by atomic mass is 35.5. The molecule has 29 heavy (non-hydrogen) atoms. The standard InChI is InChI=1S/C15H16F3N5O4S.ClH/c1-23(13(26)6-20-11(24)5-19)7-12(25)22-14-21-9-3-2-8(4-10(9)28-14)27-15(16,17)18;/h2-4H,5-7,19H2,1H3,(H,20,24)(H,21,22,25);1H. The van der Waals surface area contributed by atoms with Crippen molar-refractivity contribution >= 4 is 56.8 Å². The van der Waals surface area contributed by atoms with Gasteiger partial charge in [-0.05, 0) is 12.1 Å². The lowest BCUT2D eigenvalue weighted by molar-refractivity contribution is -0.274. The number of hydrogen-bond acceptors (Lipinski definition) is 7. The van der Waals surface area contributed by atoms with Gasteiger partial charge in [0.1, 0.15) is 5.75 Å². The van der Waals surface area contributed by atoms with Crippen LogP contribution in [0.25, 0.3) is 10.2 Å². The van der Waals surface area contributed by atoms with Crippen LogP contribution in [0.1, 0.15) is 0 Å². The molecule has 0 saturated carbocycles. The number of carbonyl (C=O) groups excluding carboxylic acids is 3. The van der Waals surface area contributed by atoms with Crippen LogP contribution < -0.4 is 21.1 Å². The minimum atomic E-state index is -4.81. The van der Waals surface area contributed by atoms with Gasteiger partial charge in [-0.25, -0.2) is 4.98 Å². The van der Waals surface area contributed by atoms with Crippen LogP contribution in [0.15, 0.2) is 18.2 Å². The Morgan fingerprint density at radius 1 is 1.28 bits per heavy atom. The molecule has 1 aromatic heterocycles. The number of aromatic nitrogens is 1. The van der Waals surface area contributed by atoms with Gasteiger partial charge < -0.3 is 26.0 Å². The number of alkyl halides is 3. The summed E-state index contributed by atoms with van der Waals surface area (Å²) in [5, 5.41) is 4.91. The summed E-state index contributed by atoms with van der Waals surface area (Å²) in [6.07, 6.45) is -4.81. The summed E-state index contributed by atoms with van der Waals surface area (Å²) < 4.78 is 41.0. The first kappa shape index (κ1) is 24.4. The van der Waals surface area contributed by atoms with Crippen LogP contribution >= 0.6 is 23.7 Å². The first-order valence-electron chi connectivity index (χ1n) is 7.74. The molecule has 0 aliphatic rings. The highest BCUT2D eigenvalue weighted by Gasteiger charge is 2.31. The molecule has 0 aliphatic heterocycles. The highest BCUT2D eigenvalue weighted by molar-refractivity contribution is 7.22. The molecule has 0 spiro atoms. The fourth-order valence-corrected chi connectivity index (χ4v) is 2.91. The Hall–Kier alpha value is -2.64. The van der Waals surface area contributed by atoms with Crippen molar-refractivity contribution in [3.05, 3.63) is 18.2 Å². The van der Waals surface area contributed by atoms with Gasteiger partial charge in [0, 0.05) is 13.1 Å². The fourth-order valence-electron chi connectivity index (χ4n) is 2.00. The van der Waals surface area contributed by atoms with E-state index in [9.17, 15) is 27.6 Å². The number of anilines is 1. The summed E-state index contributed by atoms with van der Waals surface area (Å²) in [5.41, 5.74) is 5.48. The maximum Gasteiger partial charge on any atom is 0.573 e. The number of carbonyl (C=O) groups is 3. The second-order valence-electron chi connectivity index (χ2n) is 5.48. The number of ether oxygens (including phenoxy) is 1. The van der Waals surface area contributed by atoms with Gasteiger partial charge in [-0.2, -0.15) is 0 Å². The van der Waals surface area contributed by atoms with Crippen molar-refractivity contribution in [2.24, 2.45) is 5.73 Å². The summed E-state index contributed by atoms with van der Waals surface area (Å²) in [7, 11) is 1.37. The average Bonchev–Trinajstić information content (AvgIpc) is 2.98. The molecule has 14 heteroatoms. The molecule has 0 unspecified atom stereocenters. The zero-order valence-corrected chi connectivity index (χ0v) is 16.5. The molecule has 1 aromatic carbocycles. The first-order valence-corrected chi connectivity index (χ1v) is 8.56. The minimum Gasteiger partial charge on any atom is -0.406 e. The van der Waals surface area contributed by atoms with Crippen molar-refractivity contribution in [1.82, 2.24) is 15.2 Å². The molecular formula is C15H17ClF3N5O4S. The van der Waals surface area contributed by atoms with E-state index < -0.39 is 29.8 Å². The second kappa shape index (κ2) is 10.2. The number of thiazole rings is 1. The summed E-state index contributed by atoms with van der Waals surface area (Å²) in [5.74, 6) is -1.97. The number of fused-ring (bicyclic) bond motifs is 1. The average molecular weight is 456 g/mol. The number of likely N-dealkylation sites (N-methyl/N-ethyl adjacent to an activating group) is 1. The molecule has 3 amide bonds. The van der Waals surface area contributed by atoms with Crippen LogP contribution in [0.5, 0.6) is 5.75 Å². The normalized spacial score (nSPS) is 10.8. The van der Waals surface area contributed by atoms with Gasteiger partial charge in [-0.15, -0.1) is 25.6 Å². The van der Waals surface area contributed by atoms with Gasteiger partial charge in [0.05, 0.1) is 29.9 Å². The van der Waals surface area contributed by atoms with Crippen molar-refractivity contribution < 1.29 is 32.3 Å². The van der Waals surface area contributed by atoms with Crippen molar-refractivity contribution in [1.29, 1.82) is 0 Å². The quantitative estimate of drug-likeness (QED) is 0.573. The van der Waals surface area contributed by atoms with Crippen LogP contribution in [-0.4, -0.2) is 60.6 Å². The Balaban J connectivity index is 0.00000420. The maximum atomic E-state index is 12.3. The van der Waals surface area contributed by atoms with Gasteiger partial charge in [0.15, 0.2) is 5.13 Å². The Kier molecular flexibility index (Phi) is 8.60. The third-order valence-electron chi connectivity index (χ3n) is 3.27. The van der Waals surface area contributed by atoms with Crippen molar-refractivity contribution in [3.8, 4) is 5.75 Å². The summed E-state index contributed by atoms with van der Waals surface area (Å²) in [6, 6.07) is 3.60. The van der Waals surface area contributed by atoms with Gasteiger partial charge in [-0.3, -0.25) is 14.4 Å². The molecule has 2 rings (SSSR count). The molecule has 0 aliphatic carbocycles. The summed E-state index contributed by atoms with van der Waals surface area (Å²) in [4.78, 5) is 40.1. The van der Waals surface area contributed by atoms with Gasteiger partial charge in [0.25, 0.3) is 0 Å². The molecular weight excluding hydrogens is 439 g/mol. The zero-order valence-electron chi connectivity index (χ0n) is 14.9. The maximum absolute atomic E-state index is 12.3. The summed E-state index contributed by atoms with van der Waals surface area (Å²) in [6.45, 7) is -0.872. The van der Waals surface area contributed by atoms with Crippen LogP contribution in [0.2, 0.25) is 0 Å². The Bertz CT molecular complexity index is 892. The molecule has 0 bridgehead atoms. The lowest BCUT2D eigenvalue weighted by Gasteiger charge is -2.16. The topological polar surface area (TPSA) is 127 Å². The Labute approximate surface area is 172 Å². The number of benzene rings is 1. The van der Waals surface area contributed by atoms with E-state index in [1.54, 1.807) is 0 Å². The molecule has 2 aromatic rings. The van der Waals surface area contributed by atoms with Gasteiger partial charge in [0.2, 0.25) is 17.7 Å². The molecule has 1 heterocycles. The van der Waals surface area contributed by atoms with E-state index in [1.165, 1.54) is 13.1 Å². The third kappa shape index (κ3) is 7.71. The number of nitrogens with zero attached hydrogens (tertiary/aromatic N) is 2. The highest BCUT2D eigenvalue weighted by Crippen LogP contribution is 2.31. The monoisotopic (exact) mass is 455 g/mol. The Morgan fingerprint density at radius 2 is 1.97 bits per heavy atom. The molecule has 9 nitrogen and oxygen atoms in total. The molecule has 160 valence electrons. The van der Waals surface area contributed by atoms with Crippen LogP contribution in [0.4, 0.5) is 18.3 Å². The molecule has 0 saturated heterocycles. The van der Waals surface area contributed by atoms with Crippen molar-refractivity contribution in [3.63, 3.8) is 0 Å². The van der Waals surface area contributed by atoms with Gasteiger partial charge in [-0.1, -0.05) is 11.3 Å². The number of rotatable bonds is 7. The predicted octanol–water partition coefficient (Wildman–Crippen LogP) is 1.09. The van der Waals surface area contributed by atoms with E-state index in [0.717, 1.165) is 28.4 Å². The van der Waals surface area contributed by atoms with Crippen molar-refractivity contribution in [2.45, 2.75) is 6.36 Å². The summed E-state index contributed by atoms with van der Waals surface area (Å²) >= 11 is 0.954. The largest absolute Gasteiger partial charge is 0.573 e. The van der Waals surface area contributed by atoms with Gasteiger partial charge >= 0.3 is 6.36 Å². The van der Waals surface area contributed by atoms with Crippen LogP contribution in [0, 0.1) is 0 Å². The smallest absolute Gasteiger partial charge is 0.406 e. The lowest BCUT2D eigenvalue weighted by atomic mass is 10.3. The minimum absolute atomic E-state index is 0. The number of nitrogens with two attached hydrogens (primary N) is 1. The van der Waals surface area contributed by atoms with Crippen LogP contribution in [0.3, 0.4) is 0 Å². The molecule has 0 atom stereocenters. The first-order chi connectivity index (χ1) is 13.1. The van der Waals surface area contributed by atoms with Crippen LogP contribution in [-0.2, 0) is 14.4 Å².